The zero-order valence-corrected chi connectivity index (χ0v) is 9.99. The van der Waals surface area contributed by atoms with Crippen LogP contribution in [0.1, 0.15) is 31.4 Å². The van der Waals surface area contributed by atoms with E-state index in [9.17, 15) is 13.2 Å². The molecule has 0 aliphatic carbocycles. The van der Waals surface area contributed by atoms with E-state index in [4.69, 9.17) is 0 Å². The van der Waals surface area contributed by atoms with Crippen molar-refractivity contribution in [3.8, 4) is 0 Å². The monoisotopic (exact) mass is 243 g/mol. The van der Waals surface area contributed by atoms with Crippen molar-refractivity contribution in [1.29, 1.82) is 0 Å². The molecule has 0 fully saturated rings. The third-order valence-electron chi connectivity index (χ3n) is 2.60. The van der Waals surface area contributed by atoms with Gasteiger partial charge in [-0.2, -0.15) is 0 Å². The second kappa shape index (κ2) is 5.87. The minimum Gasteiger partial charge on any atom is -0.313 e. The van der Waals surface area contributed by atoms with Gasteiger partial charge in [-0.3, -0.25) is 0 Å². The fourth-order valence-electron chi connectivity index (χ4n) is 1.71. The number of hydrogen-bond donors (Lipinski definition) is 1. The molecule has 0 radical (unpaired) electrons. The molecule has 1 unspecified atom stereocenters. The largest absolute Gasteiger partial charge is 0.313 e. The number of nitrogens with one attached hydrogen (secondary N) is 1. The topological polar surface area (TPSA) is 12.0 Å². The summed E-state index contributed by atoms with van der Waals surface area (Å²) in [6, 6.07) is 0.917. The van der Waals surface area contributed by atoms with Crippen LogP contribution in [0.3, 0.4) is 0 Å². The number of halogens is 3. The maximum atomic E-state index is 13.5. The molecule has 4 heteroatoms. The molecule has 0 aromatic heterocycles. The first-order chi connectivity index (χ1) is 7.95. The Kier molecular flexibility index (Phi) is 4.75. The van der Waals surface area contributed by atoms with E-state index in [1.165, 1.54) is 0 Å². The lowest BCUT2D eigenvalue weighted by molar-refractivity contribution is 0.460. The highest BCUT2D eigenvalue weighted by Crippen LogP contribution is 2.26. The maximum absolute atomic E-state index is 13.5. The molecule has 1 atom stereocenters. The van der Waals surface area contributed by atoms with Gasteiger partial charge in [0.15, 0.2) is 0 Å². The first-order valence-corrected chi connectivity index (χ1v) is 5.41. The fourth-order valence-corrected chi connectivity index (χ4v) is 1.71. The van der Waals surface area contributed by atoms with E-state index in [1.807, 2.05) is 6.92 Å². The minimum absolute atomic E-state index is 0.116. The summed E-state index contributed by atoms with van der Waals surface area (Å²) in [5, 5.41) is 2.83. The molecule has 0 saturated carbocycles. The highest BCUT2D eigenvalue weighted by atomic mass is 19.1. The van der Waals surface area contributed by atoms with Crippen LogP contribution >= 0.6 is 0 Å². The van der Waals surface area contributed by atoms with Crippen LogP contribution in [0.25, 0.3) is 0 Å². The number of rotatable bonds is 5. The Balaban J connectivity index is 2.99. The fraction of sp³-hybridized carbons (Fsp3) is 0.385. The van der Waals surface area contributed by atoms with Crippen LogP contribution in [0, 0.1) is 17.5 Å². The van der Waals surface area contributed by atoms with E-state index in [0.29, 0.717) is 25.0 Å². The molecule has 0 heterocycles. The van der Waals surface area contributed by atoms with Gasteiger partial charge in [-0.05, 0) is 26.8 Å². The van der Waals surface area contributed by atoms with Crippen molar-refractivity contribution < 1.29 is 13.2 Å². The molecule has 94 valence electrons. The third kappa shape index (κ3) is 3.60. The second-order valence-electron chi connectivity index (χ2n) is 4.12. The van der Waals surface area contributed by atoms with E-state index in [2.05, 4.69) is 11.9 Å². The van der Waals surface area contributed by atoms with E-state index in [-0.39, 0.29) is 5.56 Å². The highest BCUT2D eigenvalue weighted by molar-refractivity contribution is 5.24. The minimum atomic E-state index is -0.904. The van der Waals surface area contributed by atoms with E-state index in [1.54, 1.807) is 7.05 Å². The van der Waals surface area contributed by atoms with Gasteiger partial charge < -0.3 is 5.32 Å². The van der Waals surface area contributed by atoms with Crippen molar-refractivity contribution in [1.82, 2.24) is 5.32 Å². The summed E-state index contributed by atoms with van der Waals surface area (Å²) >= 11 is 0. The standard InChI is InChI=1S/C13H16F3N/c1-8(2)4-5-12(17-3)13-10(15)6-9(14)7-11(13)16/h6-7,12,17H,1,4-5H2,2-3H3. The van der Waals surface area contributed by atoms with E-state index >= 15 is 0 Å². The maximum Gasteiger partial charge on any atom is 0.133 e. The van der Waals surface area contributed by atoms with Gasteiger partial charge in [0.2, 0.25) is 0 Å². The molecule has 0 spiro atoms. The van der Waals surface area contributed by atoms with Crippen LogP contribution in [0.4, 0.5) is 13.2 Å². The molecular formula is C13H16F3N. The molecule has 0 aliphatic heterocycles. The molecule has 1 nitrogen and oxygen atoms in total. The average molecular weight is 243 g/mol. The van der Waals surface area contributed by atoms with Crippen molar-refractivity contribution in [2.45, 2.75) is 25.8 Å². The van der Waals surface area contributed by atoms with E-state index < -0.39 is 23.5 Å². The molecule has 0 amide bonds. The Morgan fingerprint density at radius 3 is 2.24 bits per heavy atom. The number of hydrogen-bond acceptors (Lipinski definition) is 1. The Morgan fingerprint density at radius 2 is 1.82 bits per heavy atom. The van der Waals surface area contributed by atoms with Crippen LogP contribution in [0.2, 0.25) is 0 Å². The van der Waals surface area contributed by atoms with Crippen LogP contribution in [-0.4, -0.2) is 7.05 Å². The lowest BCUT2D eigenvalue weighted by atomic mass is 9.99. The predicted octanol–water partition coefficient (Wildman–Crippen LogP) is 3.72. The molecule has 1 rings (SSSR count). The average Bonchev–Trinajstić information content (AvgIpc) is 2.21. The SMILES string of the molecule is C=C(C)CCC(NC)c1c(F)cc(F)cc1F. The zero-order chi connectivity index (χ0) is 13.0. The second-order valence-corrected chi connectivity index (χ2v) is 4.12. The van der Waals surface area contributed by atoms with Gasteiger partial charge in [-0.1, -0.05) is 5.57 Å². The van der Waals surface area contributed by atoms with Gasteiger partial charge in [0.1, 0.15) is 17.5 Å². The number of allylic oxidation sites excluding steroid dienone is 1. The predicted molar refractivity (Wildman–Crippen MR) is 62.2 cm³/mol. The van der Waals surface area contributed by atoms with Gasteiger partial charge in [-0.25, -0.2) is 13.2 Å². The Hall–Kier alpha value is -1.29. The molecule has 1 aromatic rings. The molecular weight excluding hydrogens is 227 g/mol. The van der Waals surface area contributed by atoms with Crippen LogP contribution in [-0.2, 0) is 0 Å². The summed E-state index contributed by atoms with van der Waals surface area (Å²) in [7, 11) is 1.62. The highest BCUT2D eigenvalue weighted by Gasteiger charge is 2.19. The first-order valence-electron chi connectivity index (χ1n) is 5.41. The summed E-state index contributed by atoms with van der Waals surface area (Å²) < 4.78 is 39.8. The summed E-state index contributed by atoms with van der Waals surface area (Å²) in [4.78, 5) is 0. The summed E-state index contributed by atoms with van der Waals surface area (Å²) in [5.41, 5.74) is 0.823. The lowest BCUT2D eigenvalue weighted by Crippen LogP contribution is -2.19. The van der Waals surface area contributed by atoms with Crippen molar-refractivity contribution in [3.05, 3.63) is 47.3 Å². The van der Waals surface area contributed by atoms with Gasteiger partial charge in [0.05, 0.1) is 0 Å². The van der Waals surface area contributed by atoms with Gasteiger partial charge in [0, 0.05) is 23.7 Å². The van der Waals surface area contributed by atoms with Crippen molar-refractivity contribution in [2.24, 2.45) is 0 Å². The third-order valence-corrected chi connectivity index (χ3v) is 2.60. The molecule has 1 aromatic carbocycles. The van der Waals surface area contributed by atoms with Crippen LogP contribution < -0.4 is 5.32 Å². The molecule has 17 heavy (non-hydrogen) atoms. The molecule has 0 aliphatic rings. The smallest absolute Gasteiger partial charge is 0.133 e. The Morgan fingerprint density at radius 1 is 1.29 bits per heavy atom. The molecule has 0 bridgehead atoms. The Bertz CT molecular complexity index is 392. The van der Waals surface area contributed by atoms with Crippen molar-refractivity contribution in [2.75, 3.05) is 7.05 Å². The quantitative estimate of drug-likeness (QED) is 0.777. The Labute approximate surface area is 99.3 Å². The van der Waals surface area contributed by atoms with Crippen LogP contribution in [0.5, 0.6) is 0 Å². The summed E-state index contributed by atoms with van der Waals surface area (Å²) in [5.74, 6) is -2.62. The molecule has 1 N–H and O–H groups in total. The van der Waals surface area contributed by atoms with E-state index in [0.717, 1.165) is 5.57 Å². The summed E-state index contributed by atoms with van der Waals surface area (Å²) in [6.45, 7) is 5.59. The van der Waals surface area contributed by atoms with Gasteiger partial charge in [-0.15, -0.1) is 6.58 Å². The lowest BCUT2D eigenvalue weighted by Gasteiger charge is -2.18. The van der Waals surface area contributed by atoms with Crippen molar-refractivity contribution >= 4 is 0 Å². The van der Waals surface area contributed by atoms with Gasteiger partial charge in [0.25, 0.3) is 0 Å². The number of benzene rings is 1. The van der Waals surface area contributed by atoms with Gasteiger partial charge >= 0.3 is 0 Å². The normalized spacial score (nSPS) is 12.5. The first kappa shape index (κ1) is 13.8. The zero-order valence-electron chi connectivity index (χ0n) is 9.99. The van der Waals surface area contributed by atoms with Crippen LogP contribution in [0.15, 0.2) is 24.3 Å². The van der Waals surface area contributed by atoms with Crippen molar-refractivity contribution in [3.63, 3.8) is 0 Å². The molecule has 0 saturated heterocycles. The summed E-state index contributed by atoms with van der Waals surface area (Å²) in [6.07, 6.45) is 1.17.